The summed E-state index contributed by atoms with van der Waals surface area (Å²) in [6.45, 7) is 1.24. The molecule has 0 aliphatic carbocycles. The fourth-order valence-electron chi connectivity index (χ4n) is 2.95. The fourth-order valence-corrected chi connectivity index (χ4v) is 2.95. The van der Waals surface area contributed by atoms with E-state index in [1.54, 1.807) is 54.9 Å². The minimum Gasteiger partial charge on any atom is -0.326 e. The highest BCUT2D eigenvalue weighted by Gasteiger charge is 2.33. The van der Waals surface area contributed by atoms with Gasteiger partial charge in [0.15, 0.2) is 0 Å². The van der Waals surface area contributed by atoms with E-state index in [1.807, 2.05) is 4.90 Å². The second-order valence-electron chi connectivity index (χ2n) is 6.13. The van der Waals surface area contributed by atoms with Crippen LogP contribution in [0.2, 0.25) is 0 Å². The van der Waals surface area contributed by atoms with E-state index in [4.69, 9.17) is 0 Å². The van der Waals surface area contributed by atoms with Gasteiger partial charge in [0.1, 0.15) is 12.0 Å². The van der Waals surface area contributed by atoms with Crippen LogP contribution < -0.4 is 5.32 Å². The number of carbonyl (C=O) groups excluding carboxylic acids is 1. The number of pyridine rings is 1. The molecule has 0 spiro atoms. The monoisotopic (exact) mass is 344 g/mol. The number of likely N-dealkylation sites (N-methyl/N-ethyl adjacent to an activating group) is 1. The molecule has 3 heterocycles. The Hall–Kier alpha value is -2.61. The quantitative estimate of drug-likeness (QED) is 0.897. The molecule has 1 fully saturated rings. The smallest absolute Gasteiger partial charge is 0.321 e. The fraction of sp³-hybridized carbons (Fsp3) is 0.412. The van der Waals surface area contributed by atoms with Crippen LogP contribution in [0.1, 0.15) is 12.2 Å². The van der Waals surface area contributed by atoms with Crippen molar-refractivity contribution in [2.24, 2.45) is 0 Å². The van der Waals surface area contributed by atoms with Crippen LogP contribution in [0.15, 0.2) is 43.0 Å². The Morgan fingerprint density at radius 3 is 2.88 bits per heavy atom. The standard InChI is InChI=1S/C17H21FN6O/c1-23(17(25)22-14-4-2-5-19-9-14)11-15-8-13(18)10-24(15)12-16-20-6-3-7-21-16/h2-7,9,13,15H,8,10-12H2,1H3,(H,22,25)/t13-,15-/m0/s1. The molecule has 7 nitrogen and oxygen atoms in total. The number of aromatic nitrogens is 3. The molecule has 0 bridgehead atoms. The number of rotatable bonds is 5. The van der Waals surface area contributed by atoms with Crippen LogP contribution >= 0.6 is 0 Å². The molecule has 8 heteroatoms. The highest BCUT2D eigenvalue weighted by molar-refractivity contribution is 5.88. The second kappa shape index (κ2) is 7.98. The number of hydrogen-bond donors (Lipinski definition) is 1. The minimum absolute atomic E-state index is 0.0662. The Labute approximate surface area is 145 Å². The van der Waals surface area contributed by atoms with Gasteiger partial charge in [-0.25, -0.2) is 19.2 Å². The molecular weight excluding hydrogens is 323 g/mol. The molecular formula is C17H21FN6O. The average molecular weight is 344 g/mol. The third-order valence-corrected chi connectivity index (χ3v) is 4.18. The maximum absolute atomic E-state index is 13.9. The third kappa shape index (κ3) is 4.69. The molecule has 1 aliphatic rings. The van der Waals surface area contributed by atoms with Crippen molar-refractivity contribution >= 4 is 11.7 Å². The number of halogens is 1. The van der Waals surface area contributed by atoms with Gasteiger partial charge in [0.05, 0.1) is 18.4 Å². The summed E-state index contributed by atoms with van der Waals surface area (Å²) < 4.78 is 13.9. The Balaban J connectivity index is 1.58. The van der Waals surface area contributed by atoms with Crippen molar-refractivity contribution in [1.82, 2.24) is 24.8 Å². The first-order chi connectivity index (χ1) is 12.1. The summed E-state index contributed by atoms with van der Waals surface area (Å²) in [5.74, 6) is 0.657. The van der Waals surface area contributed by atoms with E-state index in [-0.39, 0.29) is 12.1 Å². The molecule has 2 atom stereocenters. The number of alkyl halides is 1. The first kappa shape index (κ1) is 17.2. The Morgan fingerprint density at radius 1 is 1.36 bits per heavy atom. The number of urea groups is 1. The number of nitrogens with zero attached hydrogens (tertiary/aromatic N) is 5. The summed E-state index contributed by atoms with van der Waals surface area (Å²) in [4.78, 5) is 28.2. The van der Waals surface area contributed by atoms with Crippen molar-refractivity contribution in [3.05, 3.63) is 48.8 Å². The zero-order chi connectivity index (χ0) is 17.6. The van der Waals surface area contributed by atoms with E-state index >= 15 is 0 Å². The van der Waals surface area contributed by atoms with E-state index in [0.29, 0.717) is 37.6 Å². The first-order valence-electron chi connectivity index (χ1n) is 8.18. The second-order valence-corrected chi connectivity index (χ2v) is 6.13. The maximum Gasteiger partial charge on any atom is 0.321 e. The van der Waals surface area contributed by atoms with E-state index in [1.165, 1.54) is 0 Å². The summed E-state index contributed by atoms with van der Waals surface area (Å²) in [5.41, 5.74) is 0.628. The first-order valence-corrected chi connectivity index (χ1v) is 8.18. The highest BCUT2D eigenvalue weighted by atomic mass is 19.1. The van der Waals surface area contributed by atoms with Gasteiger partial charge in [-0.3, -0.25) is 9.88 Å². The molecule has 1 saturated heterocycles. The normalized spacial score (nSPS) is 20.4. The molecule has 25 heavy (non-hydrogen) atoms. The van der Waals surface area contributed by atoms with Gasteiger partial charge in [-0.05, 0) is 24.6 Å². The Bertz CT molecular complexity index is 686. The molecule has 0 unspecified atom stereocenters. The molecule has 0 radical (unpaired) electrons. The van der Waals surface area contributed by atoms with Crippen LogP contribution in [0.3, 0.4) is 0 Å². The highest BCUT2D eigenvalue weighted by Crippen LogP contribution is 2.22. The summed E-state index contributed by atoms with van der Waals surface area (Å²) in [6.07, 6.45) is 6.07. The van der Waals surface area contributed by atoms with Gasteiger partial charge in [0, 0.05) is 44.8 Å². The largest absolute Gasteiger partial charge is 0.326 e. The number of carbonyl (C=O) groups is 1. The van der Waals surface area contributed by atoms with Crippen LogP contribution in [0.5, 0.6) is 0 Å². The summed E-state index contributed by atoms with van der Waals surface area (Å²) >= 11 is 0. The van der Waals surface area contributed by atoms with Gasteiger partial charge in [0.2, 0.25) is 0 Å². The van der Waals surface area contributed by atoms with Crippen molar-refractivity contribution < 1.29 is 9.18 Å². The molecule has 3 rings (SSSR count). The number of nitrogens with one attached hydrogen (secondary N) is 1. The van der Waals surface area contributed by atoms with Crippen molar-refractivity contribution in [3.8, 4) is 0 Å². The summed E-state index contributed by atoms with van der Waals surface area (Å²) in [5, 5.41) is 2.78. The number of hydrogen-bond acceptors (Lipinski definition) is 5. The number of likely N-dealkylation sites (tertiary alicyclic amines) is 1. The van der Waals surface area contributed by atoms with Crippen LogP contribution in [0, 0.1) is 0 Å². The third-order valence-electron chi connectivity index (χ3n) is 4.18. The minimum atomic E-state index is -0.900. The number of amides is 2. The lowest BCUT2D eigenvalue weighted by atomic mass is 10.2. The predicted molar refractivity (Wildman–Crippen MR) is 91.6 cm³/mol. The molecule has 0 aromatic carbocycles. The van der Waals surface area contributed by atoms with Gasteiger partial charge in [-0.1, -0.05) is 0 Å². The predicted octanol–water partition coefficient (Wildman–Crippen LogP) is 1.95. The van der Waals surface area contributed by atoms with Crippen LogP contribution in [-0.4, -0.2) is 63.1 Å². The van der Waals surface area contributed by atoms with Crippen molar-refractivity contribution in [1.29, 1.82) is 0 Å². The van der Waals surface area contributed by atoms with Crippen molar-refractivity contribution in [2.75, 3.05) is 25.5 Å². The molecule has 1 N–H and O–H groups in total. The molecule has 2 amide bonds. The molecule has 2 aromatic heterocycles. The lowest BCUT2D eigenvalue weighted by Gasteiger charge is -2.28. The number of anilines is 1. The Morgan fingerprint density at radius 2 is 2.16 bits per heavy atom. The van der Waals surface area contributed by atoms with E-state index in [9.17, 15) is 9.18 Å². The van der Waals surface area contributed by atoms with Gasteiger partial charge >= 0.3 is 6.03 Å². The Kier molecular flexibility index (Phi) is 5.49. The molecule has 0 saturated carbocycles. The molecule has 1 aliphatic heterocycles. The van der Waals surface area contributed by atoms with Crippen LogP contribution in [0.25, 0.3) is 0 Å². The van der Waals surface area contributed by atoms with Gasteiger partial charge < -0.3 is 10.2 Å². The summed E-state index contributed by atoms with van der Waals surface area (Å²) in [7, 11) is 1.70. The van der Waals surface area contributed by atoms with Gasteiger partial charge in [0.25, 0.3) is 0 Å². The van der Waals surface area contributed by atoms with E-state index in [0.717, 1.165) is 0 Å². The average Bonchev–Trinajstić information content (AvgIpc) is 2.95. The zero-order valence-corrected chi connectivity index (χ0v) is 14.0. The molecule has 2 aromatic rings. The van der Waals surface area contributed by atoms with Crippen LogP contribution in [0.4, 0.5) is 14.9 Å². The summed E-state index contributed by atoms with van der Waals surface area (Å²) in [6, 6.07) is 4.96. The van der Waals surface area contributed by atoms with Gasteiger partial charge in [-0.15, -0.1) is 0 Å². The SMILES string of the molecule is CN(C[C@@H]1C[C@H](F)CN1Cc1ncccn1)C(=O)Nc1cccnc1. The molecule has 132 valence electrons. The lowest BCUT2D eigenvalue weighted by Crippen LogP contribution is -2.42. The lowest BCUT2D eigenvalue weighted by molar-refractivity contribution is 0.180. The van der Waals surface area contributed by atoms with E-state index < -0.39 is 6.17 Å². The van der Waals surface area contributed by atoms with Crippen molar-refractivity contribution in [2.45, 2.75) is 25.2 Å². The maximum atomic E-state index is 13.9. The topological polar surface area (TPSA) is 74.2 Å². The van der Waals surface area contributed by atoms with Crippen molar-refractivity contribution in [3.63, 3.8) is 0 Å². The zero-order valence-electron chi connectivity index (χ0n) is 14.0. The van der Waals surface area contributed by atoms with Gasteiger partial charge in [-0.2, -0.15) is 0 Å². The van der Waals surface area contributed by atoms with Crippen LogP contribution in [-0.2, 0) is 6.54 Å². The van der Waals surface area contributed by atoms with E-state index in [2.05, 4.69) is 20.3 Å².